The van der Waals surface area contributed by atoms with Crippen molar-refractivity contribution in [2.24, 2.45) is 7.05 Å². The Bertz CT molecular complexity index is 732. The molecule has 0 radical (unpaired) electrons. The molecule has 2 N–H and O–H groups in total. The third-order valence-corrected chi connectivity index (χ3v) is 4.81. The summed E-state index contributed by atoms with van der Waals surface area (Å²) in [7, 11) is 1.84. The predicted molar refractivity (Wildman–Crippen MR) is 120 cm³/mol. The molecule has 1 fully saturated rings. The number of anilines is 2. The van der Waals surface area contributed by atoms with Crippen LogP contribution in [0.4, 0.5) is 11.4 Å². The van der Waals surface area contributed by atoms with Crippen molar-refractivity contribution in [3.63, 3.8) is 0 Å². The first kappa shape index (κ1) is 24.3. The molecule has 0 spiro atoms. The third kappa shape index (κ3) is 7.00. The Morgan fingerprint density at radius 3 is 2.54 bits per heavy atom. The van der Waals surface area contributed by atoms with Crippen LogP contribution in [0.1, 0.15) is 38.2 Å². The maximum atomic E-state index is 12.2. The van der Waals surface area contributed by atoms with Gasteiger partial charge in [0.15, 0.2) is 0 Å². The standard InChI is InChI=1S/C20H29N5O.2ClH/c1-15(2)16-6-8-17(9-7-16)22-18-5-4-10-25(13-18)14-20(26)23-19-11-21-24(3)12-19;;/h6-9,11-12,15,18,22H,4-5,10,13-14H2,1-3H3,(H,23,26);2*1H. The highest BCUT2D eigenvalue weighted by Crippen LogP contribution is 2.20. The number of halogens is 2. The second-order valence-electron chi connectivity index (χ2n) is 7.45. The van der Waals surface area contributed by atoms with Gasteiger partial charge >= 0.3 is 0 Å². The average Bonchev–Trinajstić information content (AvgIpc) is 3.00. The Kier molecular flexibility index (Phi) is 9.79. The van der Waals surface area contributed by atoms with Gasteiger partial charge in [-0.2, -0.15) is 5.10 Å². The molecule has 1 amide bonds. The van der Waals surface area contributed by atoms with Crippen LogP contribution in [-0.4, -0.2) is 46.3 Å². The smallest absolute Gasteiger partial charge is 0.238 e. The van der Waals surface area contributed by atoms with E-state index in [1.54, 1.807) is 17.1 Å². The Labute approximate surface area is 179 Å². The van der Waals surface area contributed by atoms with Crippen LogP contribution in [-0.2, 0) is 11.8 Å². The van der Waals surface area contributed by atoms with E-state index in [0.29, 0.717) is 18.5 Å². The number of nitrogens with zero attached hydrogens (tertiary/aromatic N) is 3. The van der Waals surface area contributed by atoms with Crippen molar-refractivity contribution >= 4 is 42.1 Å². The predicted octanol–water partition coefficient (Wildman–Crippen LogP) is 3.90. The molecule has 156 valence electrons. The van der Waals surface area contributed by atoms with E-state index in [1.165, 1.54) is 5.56 Å². The van der Waals surface area contributed by atoms with Gasteiger partial charge in [0.2, 0.25) is 5.91 Å². The Morgan fingerprint density at radius 2 is 1.93 bits per heavy atom. The van der Waals surface area contributed by atoms with E-state index in [1.807, 2.05) is 7.05 Å². The number of aromatic nitrogens is 2. The van der Waals surface area contributed by atoms with Crippen molar-refractivity contribution in [2.45, 2.75) is 38.6 Å². The van der Waals surface area contributed by atoms with Crippen molar-refractivity contribution in [2.75, 3.05) is 30.3 Å². The maximum Gasteiger partial charge on any atom is 0.238 e. The van der Waals surface area contributed by atoms with Crippen LogP contribution in [0, 0.1) is 0 Å². The number of hydrogen-bond acceptors (Lipinski definition) is 4. The van der Waals surface area contributed by atoms with Gasteiger partial charge in [-0.05, 0) is 43.0 Å². The van der Waals surface area contributed by atoms with Crippen LogP contribution in [0.3, 0.4) is 0 Å². The Morgan fingerprint density at radius 1 is 1.21 bits per heavy atom. The van der Waals surface area contributed by atoms with Gasteiger partial charge < -0.3 is 10.6 Å². The number of benzene rings is 1. The third-order valence-electron chi connectivity index (χ3n) is 4.81. The van der Waals surface area contributed by atoms with Crippen molar-refractivity contribution in [3.8, 4) is 0 Å². The minimum Gasteiger partial charge on any atom is -0.381 e. The summed E-state index contributed by atoms with van der Waals surface area (Å²) in [6, 6.07) is 9.07. The highest BCUT2D eigenvalue weighted by molar-refractivity contribution is 5.92. The van der Waals surface area contributed by atoms with Crippen LogP contribution in [0.5, 0.6) is 0 Å². The lowest BCUT2D eigenvalue weighted by atomic mass is 10.0. The number of aryl methyl sites for hydroxylation is 1. The zero-order valence-corrected chi connectivity index (χ0v) is 18.4. The fourth-order valence-corrected chi connectivity index (χ4v) is 3.41. The van der Waals surface area contributed by atoms with Crippen molar-refractivity contribution in [3.05, 3.63) is 42.2 Å². The summed E-state index contributed by atoms with van der Waals surface area (Å²) in [5, 5.41) is 10.6. The number of piperidine rings is 1. The number of amides is 1. The van der Waals surface area contributed by atoms with Gasteiger partial charge in [-0.25, -0.2) is 0 Å². The van der Waals surface area contributed by atoms with Gasteiger partial charge in [0.1, 0.15) is 0 Å². The Balaban J connectivity index is 0.00000196. The Hall–Kier alpha value is -1.76. The molecular weight excluding hydrogens is 397 g/mol. The molecule has 8 heteroatoms. The molecule has 0 bridgehead atoms. The highest BCUT2D eigenvalue weighted by atomic mass is 35.5. The molecule has 1 unspecified atom stereocenters. The zero-order valence-electron chi connectivity index (χ0n) is 16.7. The summed E-state index contributed by atoms with van der Waals surface area (Å²) < 4.78 is 1.68. The molecular formula is C20H31Cl2N5O. The quantitative estimate of drug-likeness (QED) is 0.733. The van der Waals surface area contributed by atoms with Crippen LogP contribution < -0.4 is 10.6 Å². The molecule has 1 aromatic carbocycles. The molecule has 1 atom stereocenters. The zero-order chi connectivity index (χ0) is 18.5. The van der Waals surface area contributed by atoms with Crippen LogP contribution in [0.2, 0.25) is 0 Å². The van der Waals surface area contributed by atoms with Gasteiger partial charge in [-0.15, -0.1) is 24.8 Å². The second-order valence-corrected chi connectivity index (χ2v) is 7.45. The van der Waals surface area contributed by atoms with E-state index in [-0.39, 0.29) is 30.7 Å². The maximum absolute atomic E-state index is 12.2. The van der Waals surface area contributed by atoms with Gasteiger partial charge in [0.25, 0.3) is 0 Å². The minimum absolute atomic E-state index is 0. The van der Waals surface area contributed by atoms with E-state index in [9.17, 15) is 4.79 Å². The fourth-order valence-electron chi connectivity index (χ4n) is 3.41. The molecule has 1 saturated heterocycles. The van der Waals surface area contributed by atoms with E-state index < -0.39 is 0 Å². The lowest BCUT2D eigenvalue weighted by molar-refractivity contribution is -0.117. The second kappa shape index (κ2) is 11.3. The molecule has 1 aliphatic rings. The monoisotopic (exact) mass is 427 g/mol. The molecule has 0 saturated carbocycles. The van der Waals surface area contributed by atoms with E-state index >= 15 is 0 Å². The van der Waals surface area contributed by atoms with Crippen LogP contribution in [0.25, 0.3) is 0 Å². The van der Waals surface area contributed by atoms with E-state index in [4.69, 9.17) is 0 Å². The molecule has 2 heterocycles. The highest BCUT2D eigenvalue weighted by Gasteiger charge is 2.21. The normalized spacial score (nSPS) is 16.8. The molecule has 3 rings (SSSR count). The van der Waals surface area contributed by atoms with Crippen molar-refractivity contribution < 1.29 is 4.79 Å². The first-order valence-corrected chi connectivity index (χ1v) is 9.37. The summed E-state index contributed by atoms with van der Waals surface area (Å²) in [5.41, 5.74) is 3.25. The number of carbonyl (C=O) groups excluding carboxylic acids is 1. The van der Waals surface area contributed by atoms with Crippen LogP contribution in [0.15, 0.2) is 36.7 Å². The van der Waals surface area contributed by atoms with Crippen LogP contribution >= 0.6 is 24.8 Å². The topological polar surface area (TPSA) is 62.2 Å². The summed E-state index contributed by atoms with van der Waals surface area (Å²) >= 11 is 0. The summed E-state index contributed by atoms with van der Waals surface area (Å²) in [5.74, 6) is 0.562. The van der Waals surface area contributed by atoms with Gasteiger partial charge in [0, 0.05) is 31.5 Å². The summed E-state index contributed by atoms with van der Waals surface area (Å²) in [6.07, 6.45) is 5.70. The first-order valence-electron chi connectivity index (χ1n) is 9.37. The van der Waals surface area contributed by atoms with Crippen molar-refractivity contribution in [1.82, 2.24) is 14.7 Å². The van der Waals surface area contributed by atoms with E-state index in [0.717, 1.165) is 37.3 Å². The van der Waals surface area contributed by atoms with Gasteiger partial charge in [-0.3, -0.25) is 14.4 Å². The van der Waals surface area contributed by atoms with Gasteiger partial charge in [0.05, 0.1) is 18.4 Å². The molecule has 1 aromatic heterocycles. The minimum atomic E-state index is 0. The van der Waals surface area contributed by atoms with Crippen molar-refractivity contribution in [1.29, 1.82) is 0 Å². The number of likely N-dealkylation sites (tertiary alicyclic amines) is 1. The summed E-state index contributed by atoms with van der Waals surface area (Å²) in [6.45, 7) is 6.67. The molecule has 28 heavy (non-hydrogen) atoms. The lowest BCUT2D eigenvalue weighted by Crippen LogP contribution is -2.45. The molecule has 1 aliphatic heterocycles. The SMILES string of the molecule is CC(C)c1ccc(NC2CCCN(CC(=O)Nc3cnn(C)c3)C2)cc1.Cl.Cl. The first-order chi connectivity index (χ1) is 12.5. The number of rotatable bonds is 6. The van der Waals surface area contributed by atoms with E-state index in [2.05, 4.69) is 58.7 Å². The molecule has 0 aliphatic carbocycles. The number of hydrogen-bond donors (Lipinski definition) is 2. The largest absolute Gasteiger partial charge is 0.381 e. The average molecular weight is 428 g/mol. The summed E-state index contributed by atoms with van der Waals surface area (Å²) in [4.78, 5) is 14.5. The molecule has 2 aromatic rings. The molecule has 6 nitrogen and oxygen atoms in total. The number of nitrogens with one attached hydrogen (secondary N) is 2. The fraction of sp³-hybridized carbons (Fsp3) is 0.500. The number of carbonyl (C=O) groups is 1. The lowest BCUT2D eigenvalue weighted by Gasteiger charge is -2.33. The van der Waals surface area contributed by atoms with Gasteiger partial charge in [-0.1, -0.05) is 26.0 Å².